The molecule has 0 fully saturated rings. The van der Waals surface area contributed by atoms with Crippen LogP contribution in [0, 0.1) is 5.82 Å². The van der Waals surface area contributed by atoms with E-state index in [9.17, 15) is 22.4 Å². The smallest absolute Gasteiger partial charge is 0.264 e. The standard InChI is InChI=1S/C32H30BrClFN3O4S/c1-2-36-32(40)30(19-23-10-5-3-6-11-23)37(21-24-12-9-13-25(33)18-24)31(39)22-38(26-16-17-29(35)28(34)20-26)43(41,42)27-14-7-4-8-15-27/h3-18,20,30H,2,19,21-22H2,1H3,(H,36,40)/t30-/m0/s1. The highest BCUT2D eigenvalue weighted by atomic mass is 79.9. The molecule has 0 saturated heterocycles. The van der Waals surface area contributed by atoms with Crippen molar-refractivity contribution in [3.63, 3.8) is 0 Å². The van der Waals surface area contributed by atoms with E-state index in [1.54, 1.807) is 25.1 Å². The molecule has 224 valence electrons. The third-order valence-corrected chi connectivity index (χ3v) is 9.24. The molecule has 0 radical (unpaired) electrons. The summed E-state index contributed by atoms with van der Waals surface area (Å²) in [5.74, 6) is -1.74. The number of rotatable bonds is 12. The molecule has 0 heterocycles. The van der Waals surface area contributed by atoms with Crippen LogP contribution in [0.15, 0.2) is 112 Å². The molecule has 1 atom stereocenters. The largest absolute Gasteiger partial charge is 0.355 e. The highest BCUT2D eigenvalue weighted by molar-refractivity contribution is 9.10. The van der Waals surface area contributed by atoms with Gasteiger partial charge in [0.1, 0.15) is 18.4 Å². The van der Waals surface area contributed by atoms with Crippen LogP contribution >= 0.6 is 27.5 Å². The van der Waals surface area contributed by atoms with Gasteiger partial charge in [0.05, 0.1) is 15.6 Å². The number of sulfonamides is 1. The van der Waals surface area contributed by atoms with E-state index in [1.807, 2.05) is 54.6 Å². The highest BCUT2D eigenvalue weighted by Crippen LogP contribution is 2.28. The second kappa shape index (κ2) is 14.6. The van der Waals surface area contributed by atoms with Gasteiger partial charge in [-0.2, -0.15) is 0 Å². The summed E-state index contributed by atoms with van der Waals surface area (Å²) in [5, 5.41) is 2.52. The van der Waals surface area contributed by atoms with Gasteiger partial charge >= 0.3 is 0 Å². The Balaban J connectivity index is 1.81. The molecule has 0 aromatic heterocycles. The van der Waals surface area contributed by atoms with E-state index in [0.29, 0.717) is 6.54 Å². The summed E-state index contributed by atoms with van der Waals surface area (Å²) in [7, 11) is -4.31. The fourth-order valence-electron chi connectivity index (χ4n) is 4.57. The monoisotopic (exact) mass is 685 g/mol. The summed E-state index contributed by atoms with van der Waals surface area (Å²) < 4.78 is 43.6. The fraction of sp³-hybridized carbons (Fsp3) is 0.188. The molecule has 0 spiro atoms. The lowest BCUT2D eigenvalue weighted by Gasteiger charge is -2.34. The lowest BCUT2D eigenvalue weighted by atomic mass is 10.0. The predicted octanol–water partition coefficient (Wildman–Crippen LogP) is 6.21. The van der Waals surface area contributed by atoms with Crippen molar-refractivity contribution in [2.75, 3.05) is 17.4 Å². The number of anilines is 1. The zero-order valence-corrected chi connectivity index (χ0v) is 26.4. The topological polar surface area (TPSA) is 86.8 Å². The maximum atomic E-state index is 14.3. The van der Waals surface area contributed by atoms with Crippen LogP contribution < -0.4 is 9.62 Å². The van der Waals surface area contributed by atoms with E-state index in [-0.39, 0.29) is 34.5 Å². The first-order valence-electron chi connectivity index (χ1n) is 13.5. The Labute approximate surface area is 264 Å². The first-order chi connectivity index (χ1) is 20.6. The van der Waals surface area contributed by atoms with Crippen LogP contribution in [0.1, 0.15) is 18.1 Å². The summed E-state index contributed by atoms with van der Waals surface area (Å²) >= 11 is 9.50. The molecule has 4 aromatic rings. The molecule has 11 heteroatoms. The third-order valence-electron chi connectivity index (χ3n) is 6.67. The van der Waals surface area contributed by atoms with Gasteiger partial charge in [-0.15, -0.1) is 0 Å². The Bertz CT molecular complexity index is 1680. The zero-order chi connectivity index (χ0) is 31.0. The molecule has 43 heavy (non-hydrogen) atoms. The molecule has 0 bridgehead atoms. The zero-order valence-electron chi connectivity index (χ0n) is 23.3. The average Bonchev–Trinajstić information content (AvgIpc) is 3.00. The number of nitrogens with zero attached hydrogens (tertiary/aromatic N) is 2. The van der Waals surface area contributed by atoms with E-state index in [2.05, 4.69) is 21.2 Å². The van der Waals surface area contributed by atoms with Crippen LogP contribution in [0.2, 0.25) is 5.02 Å². The molecular formula is C32H30BrClFN3O4S. The van der Waals surface area contributed by atoms with E-state index in [1.165, 1.54) is 23.1 Å². The Morgan fingerprint density at radius 2 is 1.56 bits per heavy atom. The molecule has 0 aliphatic heterocycles. The Kier molecular flexibility index (Phi) is 11.0. The first kappa shape index (κ1) is 32.2. The van der Waals surface area contributed by atoms with Crippen molar-refractivity contribution < 1.29 is 22.4 Å². The lowest BCUT2D eigenvalue weighted by molar-refractivity contribution is -0.140. The van der Waals surface area contributed by atoms with E-state index in [0.717, 1.165) is 32.0 Å². The number of carbonyl (C=O) groups is 2. The van der Waals surface area contributed by atoms with Crippen LogP contribution in [0.4, 0.5) is 10.1 Å². The van der Waals surface area contributed by atoms with Crippen LogP contribution in [0.3, 0.4) is 0 Å². The summed E-state index contributed by atoms with van der Waals surface area (Å²) in [6, 6.07) is 26.7. The van der Waals surface area contributed by atoms with Gasteiger partial charge in [0, 0.05) is 24.0 Å². The molecular weight excluding hydrogens is 657 g/mol. The number of halogens is 3. The van der Waals surface area contributed by atoms with Crippen LogP contribution in [0.5, 0.6) is 0 Å². The number of amides is 2. The Morgan fingerprint density at radius 1 is 0.907 bits per heavy atom. The summed E-state index contributed by atoms with van der Waals surface area (Å²) in [6.45, 7) is 1.48. The van der Waals surface area contributed by atoms with Gasteiger partial charge in [0.15, 0.2) is 0 Å². The van der Waals surface area contributed by atoms with Gasteiger partial charge < -0.3 is 10.2 Å². The van der Waals surface area contributed by atoms with Gasteiger partial charge in [-0.3, -0.25) is 13.9 Å². The van der Waals surface area contributed by atoms with E-state index in [4.69, 9.17) is 11.6 Å². The number of hydrogen-bond donors (Lipinski definition) is 1. The summed E-state index contributed by atoms with van der Waals surface area (Å²) in [6.07, 6.45) is 0.195. The molecule has 1 N–H and O–H groups in total. The SMILES string of the molecule is CCNC(=O)[C@H](Cc1ccccc1)N(Cc1cccc(Br)c1)C(=O)CN(c1ccc(F)c(Cl)c1)S(=O)(=O)c1ccccc1. The van der Waals surface area contributed by atoms with Crippen molar-refractivity contribution in [1.82, 2.24) is 10.2 Å². The molecule has 0 saturated carbocycles. The predicted molar refractivity (Wildman–Crippen MR) is 170 cm³/mol. The molecule has 2 amide bonds. The number of likely N-dealkylation sites (N-methyl/N-ethyl adjacent to an activating group) is 1. The van der Waals surface area contributed by atoms with Crippen LogP contribution in [-0.4, -0.2) is 44.3 Å². The van der Waals surface area contributed by atoms with Crippen molar-refractivity contribution in [2.24, 2.45) is 0 Å². The fourth-order valence-corrected chi connectivity index (χ4v) is 6.62. The quantitative estimate of drug-likeness (QED) is 0.192. The van der Waals surface area contributed by atoms with Crippen LogP contribution in [0.25, 0.3) is 0 Å². The van der Waals surface area contributed by atoms with Crippen molar-refractivity contribution in [2.45, 2.75) is 30.8 Å². The number of carbonyl (C=O) groups excluding carboxylic acids is 2. The molecule has 7 nitrogen and oxygen atoms in total. The van der Waals surface area contributed by atoms with Gasteiger partial charge in [-0.1, -0.05) is 88.2 Å². The van der Waals surface area contributed by atoms with Gasteiger partial charge in [-0.05, 0) is 60.5 Å². The molecule has 0 unspecified atom stereocenters. The highest BCUT2D eigenvalue weighted by Gasteiger charge is 2.34. The lowest BCUT2D eigenvalue weighted by Crippen LogP contribution is -2.53. The Morgan fingerprint density at radius 3 is 2.19 bits per heavy atom. The summed E-state index contributed by atoms with van der Waals surface area (Å²) in [4.78, 5) is 29.1. The summed E-state index contributed by atoms with van der Waals surface area (Å²) in [5.41, 5.74) is 1.56. The van der Waals surface area contributed by atoms with Crippen molar-refractivity contribution in [3.05, 3.63) is 130 Å². The molecule has 4 rings (SSSR count). The minimum absolute atomic E-state index is 0.00336. The number of benzene rings is 4. The maximum Gasteiger partial charge on any atom is 0.264 e. The normalized spacial score (nSPS) is 11.9. The molecule has 4 aromatic carbocycles. The maximum absolute atomic E-state index is 14.3. The third kappa shape index (κ3) is 8.22. The van der Waals surface area contributed by atoms with Gasteiger partial charge in [0.25, 0.3) is 10.0 Å². The second-order valence-corrected chi connectivity index (χ2v) is 12.9. The van der Waals surface area contributed by atoms with Crippen molar-refractivity contribution >= 4 is 55.1 Å². The van der Waals surface area contributed by atoms with Crippen LogP contribution in [-0.2, 0) is 32.6 Å². The van der Waals surface area contributed by atoms with E-state index < -0.39 is 34.3 Å². The minimum atomic E-state index is -4.31. The van der Waals surface area contributed by atoms with Crippen molar-refractivity contribution in [1.29, 1.82) is 0 Å². The first-order valence-corrected chi connectivity index (χ1v) is 16.1. The Hall–Kier alpha value is -3.73. The average molecular weight is 687 g/mol. The van der Waals surface area contributed by atoms with Gasteiger partial charge in [0.2, 0.25) is 11.8 Å². The van der Waals surface area contributed by atoms with E-state index >= 15 is 0 Å². The van der Waals surface area contributed by atoms with Gasteiger partial charge in [-0.25, -0.2) is 12.8 Å². The molecule has 0 aliphatic carbocycles. The minimum Gasteiger partial charge on any atom is -0.355 e. The second-order valence-electron chi connectivity index (χ2n) is 9.67. The van der Waals surface area contributed by atoms with Crippen molar-refractivity contribution in [3.8, 4) is 0 Å². The number of hydrogen-bond acceptors (Lipinski definition) is 4. The number of nitrogens with one attached hydrogen (secondary N) is 1. The molecule has 0 aliphatic rings.